The average Bonchev–Trinajstić information content (AvgIpc) is 3.18. The van der Waals surface area contributed by atoms with Crippen LogP contribution >= 0.6 is 0 Å². The Hall–Kier alpha value is -3.36. The number of benzene rings is 3. The highest BCUT2D eigenvalue weighted by Crippen LogP contribution is 2.44. The fraction of sp³-hybridized carbons (Fsp3) is 0.667. The van der Waals surface area contributed by atoms with Gasteiger partial charge in [-0.1, -0.05) is 140 Å². The van der Waals surface area contributed by atoms with Gasteiger partial charge in [-0.05, 0) is 51.7 Å². The van der Waals surface area contributed by atoms with Crippen LogP contribution in [0.5, 0.6) is 11.5 Å². The highest BCUT2D eigenvalue weighted by atomic mass is 16.6. The molecule has 0 aliphatic carbocycles. The fourth-order valence-electron chi connectivity index (χ4n) is 6.85. The fourth-order valence-corrected chi connectivity index (χ4v) is 6.85. The minimum absolute atomic E-state index is 0.160. The molecule has 2 unspecified atom stereocenters. The van der Waals surface area contributed by atoms with E-state index in [9.17, 15) is 9.59 Å². The summed E-state index contributed by atoms with van der Waals surface area (Å²) in [6, 6.07) is 12.5. The summed E-state index contributed by atoms with van der Waals surface area (Å²) in [7, 11) is 0. The average molecular weight is 779 g/mol. The van der Waals surface area contributed by atoms with E-state index in [2.05, 4.69) is 77.9 Å². The molecule has 8 heteroatoms. The van der Waals surface area contributed by atoms with Crippen molar-refractivity contribution in [2.75, 3.05) is 39.6 Å². The molecular weight excluding hydrogens is 705 g/mol. The number of aryl methyl sites for hydroxylation is 2. The first-order valence-corrected chi connectivity index (χ1v) is 22.1. The minimum Gasteiger partial charge on any atom is -0.488 e. The van der Waals surface area contributed by atoms with Crippen molar-refractivity contribution in [3.05, 3.63) is 47.5 Å². The van der Waals surface area contributed by atoms with Gasteiger partial charge in [0.1, 0.15) is 24.7 Å². The third-order valence-corrected chi connectivity index (χ3v) is 10.1. The van der Waals surface area contributed by atoms with Crippen molar-refractivity contribution in [3.8, 4) is 11.5 Å². The van der Waals surface area contributed by atoms with Crippen LogP contribution in [0.25, 0.3) is 21.5 Å². The van der Waals surface area contributed by atoms with Crippen molar-refractivity contribution >= 4 is 33.5 Å². The highest BCUT2D eigenvalue weighted by molar-refractivity contribution is 6.11. The maximum atomic E-state index is 12.9. The quantitative estimate of drug-likeness (QED) is 0.0352. The van der Waals surface area contributed by atoms with Crippen LogP contribution in [-0.4, -0.2) is 63.8 Å². The number of hydrogen-bond acceptors (Lipinski definition) is 8. The molecule has 314 valence electrons. The Kier molecular flexibility index (Phi) is 23.6. The largest absolute Gasteiger partial charge is 0.488 e. The third kappa shape index (κ3) is 17.4. The Morgan fingerprint density at radius 3 is 1.23 bits per heavy atom. The van der Waals surface area contributed by atoms with Crippen LogP contribution < -0.4 is 9.47 Å². The molecule has 0 saturated heterocycles. The van der Waals surface area contributed by atoms with Crippen molar-refractivity contribution in [2.24, 2.45) is 0 Å². The molecule has 0 saturated carbocycles. The molecule has 56 heavy (non-hydrogen) atoms. The first-order valence-electron chi connectivity index (χ1n) is 22.1. The van der Waals surface area contributed by atoms with Gasteiger partial charge in [0.15, 0.2) is 12.2 Å². The zero-order valence-electron chi connectivity index (χ0n) is 35.9. The van der Waals surface area contributed by atoms with Crippen LogP contribution in [0.4, 0.5) is 0 Å². The van der Waals surface area contributed by atoms with Crippen LogP contribution in [0.15, 0.2) is 36.4 Å². The van der Waals surface area contributed by atoms with Crippen LogP contribution in [0.3, 0.4) is 0 Å². The monoisotopic (exact) mass is 779 g/mol. The van der Waals surface area contributed by atoms with Gasteiger partial charge in [0.05, 0.1) is 13.2 Å². The molecule has 0 bridgehead atoms. The normalized spacial score (nSPS) is 12.5. The Labute approximate surface area is 338 Å². The molecule has 0 aliphatic rings. The molecule has 3 aromatic rings. The summed E-state index contributed by atoms with van der Waals surface area (Å²) in [5.41, 5.74) is 2.16. The van der Waals surface area contributed by atoms with E-state index in [1.165, 1.54) is 38.5 Å². The standard InChI is InChI=1S/C48H74O8/c1-7-11-15-17-21-29-51-33-39(55-45(49)23-19-13-9-3)35-53-47-41-27-25-38(6)32-44(41)48(42-28-26-37(5)31-43(42)47)54-36-40(56-46(50)24-20-14-10-4)34-52-30-22-18-16-12-8-2/h25-28,31-32,39-40H,7-24,29-30,33-36H2,1-6H3. The molecule has 2 atom stereocenters. The second kappa shape index (κ2) is 28.1. The molecule has 3 aromatic carbocycles. The number of carbonyl (C=O) groups is 2. The van der Waals surface area contributed by atoms with Gasteiger partial charge in [0.25, 0.3) is 0 Å². The Morgan fingerprint density at radius 1 is 0.464 bits per heavy atom. The Morgan fingerprint density at radius 2 is 0.839 bits per heavy atom. The lowest BCUT2D eigenvalue weighted by atomic mass is 9.97. The number of carbonyl (C=O) groups excluding carboxylic acids is 2. The lowest BCUT2D eigenvalue weighted by molar-refractivity contribution is -0.155. The summed E-state index contributed by atoms with van der Waals surface area (Å²) in [6.07, 6.45) is 16.9. The second-order valence-electron chi connectivity index (χ2n) is 15.5. The summed E-state index contributed by atoms with van der Waals surface area (Å²) >= 11 is 0. The van der Waals surface area contributed by atoms with E-state index < -0.39 is 12.2 Å². The van der Waals surface area contributed by atoms with Gasteiger partial charge in [-0.15, -0.1) is 0 Å². The summed E-state index contributed by atoms with van der Waals surface area (Å²) in [6.45, 7) is 14.9. The van der Waals surface area contributed by atoms with Crippen LogP contribution in [0, 0.1) is 13.8 Å². The van der Waals surface area contributed by atoms with Crippen LogP contribution in [0.2, 0.25) is 0 Å². The molecule has 0 aromatic heterocycles. The second-order valence-corrected chi connectivity index (χ2v) is 15.5. The third-order valence-electron chi connectivity index (χ3n) is 10.1. The summed E-state index contributed by atoms with van der Waals surface area (Å²) < 4.78 is 37.5. The van der Waals surface area contributed by atoms with Crippen molar-refractivity contribution < 1.29 is 38.0 Å². The van der Waals surface area contributed by atoms with E-state index in [-0.39, 0.29) is 38.4 Å². The molecule has 0 aliphatic heterocycles. The Balaban J connectivity index is 1.88. The van der Waals surface area contributed by atoms with E-state index in [1.54, 1.807) is 0 Å². The first-order chi connectivity index (χ1) is 27.3. The van der Waals surface area contributed by atoms with Crippen LogP contribution in [0.1, 0.15) is 154 Å². The number of hydrogen-bond donors (Lipinski definition) is 0. The van der Waals surface area contributed by atoms with Crippen LogP contribution in [-0.2, 0) is 28.5 Å². The first kappa shape index (κ1) is 47.0. The number of fused-ring (bicyclic) bond motifs is 2. The van der Waals surface area contributed by atoms with Gasteiger partial charge in [-0.3, -0.25) is 9.59 Å². The van der Waals surface area contributed by atoms with Gasteiger partial charge < -0.3 is 28.4 Å². The maximum absolute atomic E-state index is 12.9. The topological polar surface area (TPSA) is 89.5 Å². The molecule has 0 fully saturated rings. The number of ether oxygens (including phenoxy) is 6. The molecule has 0 spiro atoms. The van der Waals surface area contributed by atoms with Crippen molar-refractivity contribution in [1.82, 2.24) is 0 Å². The summed E-state index contributed by atoms with van der Waals surface area (Å²) in [4.78, 5) is 25.8. The number of unbranched alkanes of at least 4 members (excludes halogenated alkanes) is 12. The Bertz CT molecular complexity index is 1440. The summed E-state index contributed by atoms with van der Waals surface area (Å²) in [5.74, 6) is 0.986. The minimum atomic E-state index is -0.546. The lowest BCUT2D eigenvalue weighted by Gasteiger charge is -2.23. The molecule has 8 nitrogen and oxygen atoms in total. The molecule has 0 heterocycles. The maximum Gasteiger partial charge on any atom is 0.306 e. The molecule has 0 radical (unpaired) electrons. The lowest BCUT2D eigenvalue weighted by Crippen LogP contribution is -2.30. The molecule has 0 N–H and O–H groups in total. The van der Waals surface area contributed by atoms with Gasteiger partial charge in [-0.25, -0.2) is 0 Å². The van der Waals surface area contributed by atoms with Crippen molar-refractivity contribution in [3.63, 3.8) is 0 Å². The zero-order chi connectivity index (χ0) is 40.4. The van der Waals surface area contributed by atoms with Crippen molar-refractivity contribution in [2.45, 2.75) is 169 Å². The number of rotatable bonds is 32. The van der Waals surface area contributed by atoms with Gasteiger partial charge in [-0.2, -0.15) is 0 Å². The van der Waals surface area contributed by atoms with E-state index in [4.69, 9.17) is 28.4 Å². The highest BCUT2D eigenvalue weighted by Gasteiger charge is 2.23. The van der Waals surface area contributed by atoms with Gasteiger partial charge >= 0.3 is 11.9 Å². The SMILES string of the molecule is CCCCCCCOCC(COc1c2ccc(C)cc2c(OCC(COCCCCCCC)OC(=O)CCCCC)c2ccc(C)cc12)OC(=O)CCCCC. The smallest absolute Gasteiger partial charge is 0.306 e. The van der Waals surface area contributed by atoms with Gasteiger partial charge in [0, 0.05) is 47.6 Å². The predicted molar refractivity (Wildman–Crippen MR) is 229 cm³/mol. The van der Waals surface area contributed by atoms with E-state index >= 15 is 0 Å². The van der Waals surface area contributed by atoms with E-state index in [0.717, 1.165) is 96.9 Å². The molecular formula is C48H74O8. The zero-order valence-corrected chi connectivity index (χ0v) is 35.9. The van der Waals surface area contributed by atoms with E-state index in [1.807, 2.05) is 0 Å². The number of esters is 2. The molecule has 3 rings (SSSR count). The van der Waals surface area contributed by atoms with Crippen molar-refractivity contribution in [1.29, 1.82) is 0 Å². The van der Waals surface area contributed by atoms with Gasteiger partial charge in [0.2, 0.25) is 0 Å². The molecule has 0 amide bonds. The summed E-state index contributed by atoms with van der Waals surface area (Å²) in [5, 5.41) is 3.59. The predicted octanol–water partition coefficient (Wildman–Crippen LogP) is 12.3. The van der Waals surface area contributed by atoms with E-state index in [0.29, 0.717) is 37.6 Å².